The highest BCUT2D eigenvalue weighted by atomic mass is 15.1. The number of piperidine rings is 1. The van der Waals surface area contributed by atoms with E-state index in [1.807, 2.05) is 0 Å². The molecule has 2 aliphatic rings. The number of rotatable bonds is 4. The smallest absolute Gasteiger partial charge is 0.000966 e. The Hall–Kier alpha value is -0.0800. The SMILES string of the molecule is CC1CCC(CN2CCC(CCN)CC2)CC1. The minimum Gasteiger partial charge on any atom is -0.330 e. The molecule has 1 saturated carbocycles. The van der Waals surface area contributed by atoms with Crippen LogP contribution in [-0.2, 0) is 0 Å². The standard InChI is InChI=1S/C15H30N2/c1-13-2-4-15(5-3-13)12-17-10-7-14(6-9-16)8-11-17/h13-15H,2-12,16H2,1H3. The van der Waals surface area contributed by atoms with Crippen molar-refractivity contribution in [1.82, 2.24) is 4.90 Å². The van der Waals surface area contributed by atoms with Gasteiger partial charge in [-0.3, -0.25) is 0 Å². The lowest BCUT2D eigenvalue weighted by atomic mass is 9.82. The molecular formula is C15H30N2. The zero-order chi connectivity index (χ0) is 12.1. The Bertz CT molecular complexity index is 201. The molecular weight excluding hydrogens is 208 g/mol. The molecule has 2 heteroatoms. The quantitative estimate of drug-likeness (QED) is 0.816. The minimum absolute atomic E-state index is 0.880. The van der Waals surface area contributed by atoms with Crippen molar-refractivity contribution < 1.29 is 0 Å². The predicted octanol–water partition coefficient (Wildman–Crippen LogP) is 2.87. The summed E-state index contributed by atoms with van der Waals surface area (Å²) in [6.07, 6.45) is 9.91. The van der Waals surface area contributed by atoms with Gasteiger partial charge in [0, 0.05) is 6.54 Å². The van der Waals surface area contributed by atoms with E-state index in [4.69, 9.17) is 5.73 Å². The Morgan fingerprint density at radius 2 is 1.59 bits per heavy atom. The molecule has 0 spiro atoms. The Labute approximate surface area is 107 Å². The van der Waals surface area contributed by atoms with Crippen LogP contribution in [0.15, 0.2) is 0 Å². The molecule has 0 bridgehead atoms. The average Bonchev–Trinajstić information content (AvgIpc) is 2.35. The summed E-state index contributed by atoms with van der Waals surface area (Å²) < 4.78 is 0. The van der Waals surface area contributed by atoms with Crippen LogP contribution < -0.4 is 5.73 Å². The summed E-state index contributed by atoms with van der Waals surface area (Å²) >= 11 is 0. The van der Waals surface area contributed by atoms with Gasteiger partial charge < -0.3 is 10.6 Å². The van der Waals surface area contributed by atoms with E-state index in [1.165, 1.54) is 64.6 Å². The number of hydrogen-bond donors (Lipinski definition) is 1. The highest BCUT2D eigenvalue weighted by Gasteiger charge is 2.23. The van der Waals surface area contributed by atoms with Gasteiger partial charge >= 0.3 is 0 Å². The number of nitrogens with zero attached hydrogens (tertiary/aromatic N) is 1. The topological polar surface area (TPSA) is 29.3 Å². The monoisotopic (exact) mass is 238 g/mol. The van der Waals surface area contributed by atoms with E-state index in [1.54, 1.807) is 0 Å². The van der Waals surface area contributed by atoms with Crippen LogP contribution in [0.1, 0.15) is 51.9 Å². The van der Waals surface area contributed by atoms with Crippen LogP contribution in [0.5, 0.6) is 0 Å². The van der Waals surface area contributed by atoms with Crippen molar-refractivity contribution in [2.75, 3.05) is 26.2 Å². The van der Waals surface area contributed by atoms with Gasteiger partial charge in [0.05, 0.1) is 0 Å². The third-order valence-corrected chi connectivity index (χ3v) is 4.93. The molecule has 1 aliphatic heterocycles. The van der Waals surface area contributed by atoms with E-state index >= 15 is 0 Å². The van der Waals surface area contributed by atoms with E-state index < -0.39 is 0 Å². The zero-order valence-electron chi connectivity index (χ0n) is 11.5. The maximum Gasteiger partial charge on any atom is 0.000966 e. The van der Waals surface area contributed by atoms with Gasteiger partial charge in [-0.25, -0.2) is 0 Å². The molecule has 1 saturated heterocycles. The van der Waals surface area contributed by atoms with Crippen molar-refractivity contribution in [3.8, 4) is 0 Å². The van der Waals surface area contributed by atoms with Gasteiger partial charge in [-0.05, 0) is 69.5 Å². The fourth-order valence-corrected chi connectivity index (χ4v) is 3.57. The molecule has 0 aromatic heterocycles. The van der Waals surface area contributed by atoms with Crippen LogP contribution in [0.25, 0.3) is 0 Å². The van der Waals surface area contributed by atoms with Crippen LogP contribution in [-0.4, -0.2) is 31.1 Å². The Balaban J connectivity index is 1.64. The molecule has 0 aromatic carbocycles. The highest BCUT2D eigenvalue weighted by Crippen LogP contribution is 2.30. The molecule has 2 fully saturated rings. The summed E-state index contributed by atoms with van der Waals surface area (Å²) in [5.41, 5.74) is 5.64. The third-order valence-electron chi connectivity index (χ3n) is 4.93. The fraction of sp³-hybridized carbons (Fsp3) is 1.00. The summed E-state index contributed by atoms with van der Waals surface area (Å²) in [6, 6.07) is 0. The lowest BCUT2D eigenvalue weighted by molar-refractivity contribution is 0.136. The Morgan fingerprint density at radius 3 is 2.18 bits per heavy atom. The van der Waals surface area contributed by atoms with Gasteiger partial charge in [0.1, 0.15) is 0 Å². The van der Waals surface area contributed by atoms with Gasteiger partial charge in [-0.15, -0.1) is 0 Å². The molecule has 100 valence electrons. The summed E-state index contributed by atoms with van der Waals surface area (Å²) in [4.78, 5) is 2.72. The molecule has 2 rings (SSSR count). The maximum atomic E-state index is 5.64. The molecule has 0 radical (unpaired) electrons. The second-order valence-corrected chi connectivity index (χ2v) is 6.45. The van der Waals surface area contributed by atoms with E-state index in [9.17, 15) is 0 Å². The molecule has 0 atom stereocenters. The number of nitrogens with two attached hydrogens (primary N) is 1. The van der Waals surface area contributed by atoms with Crippen LogP contribution in [0.3, 0.4) is 0 Å². The molecule has 0 amide bonds. The van der Waals surface area contributed by atoms with Gasteiger partial charge in [0.2, 0.25) is 0 Å². The molecule has 2 nitrogen and oxygen atoms in total. The van der Waals surface area contributed by atoms with Crippen molar-refractivity contribution in [3.63, 3.8) is 0 Å². The second-order valence-electron chi connectivity index (χ2n) is 6.45. The first-order chi connectivity index (χ1) is 8.28. The fourth-order valence-electron chi connectivity index (χ4n) is 3.57. The molecule has 0 unspecified atom stereocenters. The third kappa shape index (κ3) is 4.26. The van der Waals surface area contributed by atoms with Crippen LogP contribution in [0, 0.1) is 17.8 Å². The van der Waals surface area contributed by atoms with Gasteiger partial charge in [0.25, 0.3) is 0 Å². The lowest BCUT2D eigenvalue weighted by Gasteiger charge is -2.36. The molecule has 17 heavy (non-hydrogen) atoms. The molecule has 2 N–H and O–H groups in total. The van der Waals surface area contributed by atoms with Crippen LogP contribution >= 0.6 is 0 Å². The Morgan fingerprint density at radius 1 is 0.941 bits per heavy atom. The van der Waals surface area contributed by atoms with Crippen LogP contribution in [0.2, 0.25) is 0 Å². The first kappa shape index (κ1) is 13.4. The van der Waals surface area contributed by atoms with E-state index in [0.717, 1.165) is 24.3 Å². The van der Waals surface area contributed by atoms with Crippen molar-refractivity contribution in [1.29, 1.82) is 0 Å². The molecule has 1 heterocycles. The van der Waals surface area contributed by atoms with Crippen molar-refractivity contribution in [2.45, 2.75) is 51.9 Å². The normalized spacial score (nSPS) is 32.8. The minimum atomic E-state index is 0.880. The molecule has 0 aromatic rings. The van der Waals surface area contributed by atoms with Crippen LogP contribution in [0.4, 0.5) is 0 Å². The summed E-state index contributed by atoms with van der Waals surface area (Å²) in [6.45, 7) is 7.33. The highest BCUT2D eigenvalue weighted by molar-refractivity contribution is 4.77. The van der Waals surface area contributed by atoms with Gasteiger partial charge in [-0.2, -0.15) is 0 Å². The zero-order valence-corrected chi connectivity index (χ0v) is 11.5. The van der Waals surface area contributed by atoms with Crippen molar-refractivity contribution >= 4 is 0 Å². The lowest BCUT2D eigenvalue weighted by Crippen LogP contribution is -2.38. The predicted molar refractivity (Wildman–Crippen MR) is 74.0 cm³/mol. The second kappa shape index (κ2) is 6.75. The van der Waals surface area contributed by atoms with E-state index in [0.29, 0.717) is 0 Å². The number of likely N-dealkylation sites (tertiary alicyclic amines) is 1. The summed E-state index contributed by atoms with van der Waals surface area (Å²) in [5, 5.41) is 0. The summed E-state index contributed by atoms with van der Waals surface area (Å²) in [5.74, 6) is 2.90. The van der Waals surface area contributed by atoms with Gasteiger partial charge in [0.15, 0.2) is 0 Å². The maximum absolute atomic E-state index is 5.64. The van der Waals surface area contributed by atoms with Crippen molar-refractivity contribution in [2.24, 2.45) is 23.5 Å². The van der Waals surface area contributed by atoms with E-state index in [2.05, 4.69) is 11.8 Å². The van der Waals surface area contributed by atoms with E-state index in [-0.39, 0.29) is 0 Å². The average molecular weight is 238 g/mol. The largest absolute Gasteiger partial charge is 0.330 e. The molecule has 1 aliphatic carbocycles. The number of hydrogen-bond acceptors (Lipinski definition) is 2. The van der Waals surface area contributed by atoms with Crippen molar-refractivity contribution in [3.05, 3.63) is 0 Å². The Kier molecular flexibility index (Phi) is 5.30. The first-order valence-corrected chi connectivity index (χ1v) is 7.70. The summed E-state index contributed by atoms with van der Waals surface area (Å²) in [7, 11) is 0. The van der Waals surface area contributed by atoms with Gasteiger partial charge in [-0.1, -0.05) is 19.8 Å². The first-order valence-electron chi connectivity index (χ1n) is 7.70.